The first-order chi connectivity index (χ1) is 8.79. The van der Waals surface area contributed by atoms with E-state index >= 15 is 0 Å². The number of morpholine rings is 1. The van der Waals surface area contributed by atoms with Gasteiger partial charge in [0.15, 0.2) is 0 Å². The Labute approximate surface area is 107 Å². The van der Waals surface area contributed by atoms with Crippen LogP contribution in [0, 0.1) is 5.82 Å². The lowest BCUT2D eigenvalue weighted by atomic mass is 10.1. The Balaban J connectivity index is 1.86. The van der Waals surface area contributed by atoms with Gasteiger partial charge in [-0.15, -0.1) is 0 Å². The lowest BCUT2D eigenvalue weighted by Crippen LogP contribution is -2.38. The Morgan fingerprint density at radius 3 is 2.83 bits per heavy atom. The molecule has 0 bridgehead atoms. The van der Waals surface area contributed by atoms with Gasteiger partial charge in [-0.25, -0.2) is 4.39 Å². The Morgan fingerprint density at radius 1 is 1.44 bits per heavy atom. The van der Waals surface area contributed by atoms with Crippen LogP contribution >= 0.6 is 0 Å². The van der Waals surface area contributed by atoms with Crippen molar-refractivity contribution in [3.8, 4) is 0 Å². The molecule has 5 heteroatoms. The molecule has 1 N–H and O–H groups in total. The molecular weight excluding hydrogens is 233 g/mol. The molecule has 100 valence electrons. The molecule has 0 amide bonds. The number of ether oxygens (including phenoxy) is 1. The van der Waals surface area contributed by atoms with Crippen molar-refractivity contribution in [1.29, 1.82) is 0 Å². The number of halogens is 1. The van der Waals surface area contributed by atoms with Gasteiger partial charge in [-0.1, -0.05) is 0 Å². The molecule has 1 atom stereocenters. The first-order valence-corrected chi connectivity index (χ1v) is 6.38. The third kappa shape index (κ3) is 3.73. The van der Waals surface area contributed by atoms with Gasteiger partial charge in [-0.2, -0.15) is 0 Å². The van der Waals surface area contributed by atoms with Crippen LogP contribution in [0.2, 0.25) is 0 Å². The Morgan fingerprint density at radius 2 is 2.22 bits per heavy atom. The Hall–Kier alpha value is -1.04. The number of hydrogen-bond donors (Lipinski definition) is 1. The van der Waals surface area contributed by atoms with Crippen molar-refractivity contribution in [1.82, 2.24) is 15.2 Å². The molecule has 0 saturated carbocycles. The van der Waals surface area contributed by atoms with Gasteiger partial charge in [0.05, 0.1) is 31.1 Å². The van der Waals surface area contributed by atoms with Crippen molar-refractivity contribution in [3.05, 3.63) is 29.8 Å². The summed E-state index contributed by atoms with van der Waals surface area (Å²) in [7, 11) is 1.91. The van der Waals surface area contributed by atoms with Crippen molar-refractivity contribution in [2.45, 2.75) is 12.5 Å². The average Bonchev–Trinajstić information content (AvgIpc) is 2.42. The highest BCUT2D eigenvalue weighted by atomic mass is 19.1. The summed E-state index contributed by atoms with van der Waals surface area (Å²) in [5.41, 5.74) is 0.896. The van der Waals surface area contributed by atoms with Crippen LogP contribution in [0.25, 0.3) is 0 Å². The summed E-state index contributed by atoms with van der Waals surface area (Å²) >= 11 is 0. The van der Waals surface area contributed by atoms with Gasteiger partial charge in [-0.05, 0) is 25.6 Å². The number of hydrogen-bond acceptors (Lipinski definition) is 4. The van der Waals surface area contributed by atoms with E-state index in [9.17, 15) is 4.39 Å². The molecule has 1 aliphatic heterocycles. The summed E-state index contributed by atoms with van der Waals surface area (Å²) in [5, 5.41) is 3.23. The number of nitrogens with zero attached hydrogens (tertiary/aromatic N) is 2. The second-order valence-corrected chi connectivity index (χ2v) is 4.49. The van der Waals surface area contributed by atoms with Gasteiger partial charge in [0.2, 0.25) is 0 Å². The zero-order chi connectivity index (χ0) is 12.8. The zero-order valence-electron chi connectivity index (χ0n) is 10.7. The topological polar surface area (TPSA) is 37.4 Å². The quantitative estimate of drug-likeness (QED) is 0.855. The van der Waals surface area contributed by atoms with Crippen molar-refractivity contribution in [2.75, 3.05) is 39.9 Å². The average molecular weight is 253 g/mol. The van der Waals surface area contributed by atoms with Crippen LogP contribution in [0.1, 0.15) is 18.2 Å². The van der Waals surface area contributed by atoms with E-state index in [4.69, 9.17) is 4.74 Å². The number of pyridine rings is 1. The van der Waals surface area contributed by atoms with Gasteiger partial charge in [-0.3, -0.25) is 9.88 Å². The van der Waals surface area contributed by atoms with Crippen LogP contribution in [0.3, 0.4) is 0 Å². The summed E-state index contributed by atoms with van der Waals surface area (Å²) in [4.78, 5) is 6.52. The molecule has 1 fully saturated rings. The number of nitrogens with one attached hydrogen (secondary N) is 1. The Kier molecular flexibility index (Phi) is 5.04. The standard InChI is InChI=1S/C13H20FN3O/c1-15-12(13-3-2-11(14)10-16-13)4-5-17-6-8-18-9-7-17/h2-3,10,12,15H,4-9H2,1H3. The highest BCUT2D eigenvalue weighted by molar-refractivity contribution is 5.09. The van der Waals surface area contributed by atoms with Crippen LogP contribution in [0.5, 0.6) is 0 Å². The fraction of sp³-hybridized carbons (Fsp3) is 0.615. The van der Waals surface area contributed by atoms with Crippen LogP contribution in [0.4, 0.5) is 4.39 Å². The maximum absolute atomic E-state index is 12.8. The first-order valence-electron chi connectivity index (χ1n) is 6.38. The molecule has 2 rings (SSSR count). The van der Waals surface area contributed by atoms with Crippen molar-refractivity contribution >= 4 is 0 Å². The molecule has 18 heavy (non-hydrogen) atoms. The molecule has 1 aromatic rings. The largest absolute Gasteiger partial charge is 0.379 e. The van der Waals surface area contributed by atoms with E-state index in [0.717, 1.165) is 45.0 Å². The third-order valence-electron chi connectivity index (χ3n) is 3.29. The molecule has 1 aromatic heterocycles. The predicted molar refractivity (Wildman–Crippen MR) is 67.9 cm³/mol. The summed E-state index contributed by atoms with van der Waals surface area (Å²) in [6.45, 7) is 4.63. The van der Waals surface area contributed by atoms with E-state index in [1.165, 1.54) is 12.3 Å². The van der Waals surface area contributed by atoms with Gasteiger partial charge in [0.1, 0.15) is 5.82 Å². The summed E-state index contributed by atoms with van der Waals surface area (Å²) in [6.07, 6.45) is 2.24. The maximum Gasteiger partial charge on any atom is 0.141 e. The van der Waals surface area contributed by atoms with E-state index < -0.39 is 0 Å². The molecule has 2 heterocycles. The fourth-order valence-electron chi connectivity index (χ4n) is 2.17. The van der Waals surface area contributed by atoms with Crippen LogP contribution in [-0.2, 0) is 4.74 Å². The van der Waals surface area contributed by atoms with Crippen LogP contribution in [0.15, 0.2) is 18.3 Å². The minimum Gasteiger partial charge on any atom is -0.379 e. The summed E-state index contributed by atoms with van der Waals surface area (Å²) in [5.74, 6) is -0.290. The highest BCUT2D eigenvalue weighted by Crippen LogP contribution is 2.15. The lowest BCUT2D eigenvalue weighted by molar-refractivity contribution is 0.0362. The molecule has 0 spiro atoms. The van der Waals surface area contributed by atoms with Crippen LogP contribution in [-0.4, -0.2) is 49.8 Å². The van der Waals surface area contributed by atoms with Crippen LogP contribution < -0.4 is 5.32 Å². The number of rotatable bonds is 5. The maximum atomic E-state index is 12.8. The first kappa shape index (κ1) is 13.4. The molecule has 1 unspecified atom stereocenters. The molecular formula is C13H20FN3O. The number of aromatic nitrogens is 1. The second kappa shape index (κ2) is 6.78. The fourth-order valence-corrected chi connectivity index (χ4v) is 2.17. The van der Waals surface area contributed by atoms with Crippen molar-refractivity contribution in [2.24, 2.45) is 0 Å². The highest BCUT2D eigenvalue weighted by Gasteiger charge is 2.15. The molecule has 4 nitrogen and oxygen atoms in total. The molecule has 0 aromatic carbocycles. The van der Waals surface area contributed by atoms with Crippen molar-refractivity contribution in [3.63, 3.8) is 0 Å². The molecule has 0 radical (unpaired) electrons. The van der Waals surface area contributed by atoms with Gasteiger partial charge in [0.25, 0.3) is 0 Å². The van der Waals surface area contributed by atoms with E-state index in [0.29, 0.717) is 0 Å². The normalized spacial score (nSPS) is 18.8. The van der Waals surface area contributed by atoms with E-state index in [-0.39, 0.29) is 11.9 Å². The van der Waals surface area contributed by atoms with Gasteiger partial charge < -0.3 is 10.1 Å². The van der Waals surface area contributed by atoms with E-state index in [1.54, 1.807) is 6.07 Å². The minimum absolute atomic E-state index is 0.174. The van der Waals surface area contributed by atoms with Gasteiger partial charge in [0, 0.05) is 19.6 Å². The monoisotopic (exact) mass is 253 g/mol. The third-order valence-corrected chi connectivity index (χ3v) is 3.29. The SMILES string of the molecule is CNC(CCN1CCOCC1)c1ccc(F)cn1. The summed E-state index contributed by atoms with van der Waals surface area (Å²) in [6, 6.07) is 3.38. The zero-order valence-corrected chi connectivity index (χ0v) is 10.7. The van der Waals surface area contributed by atoms with E-state index in [1.807, 2.05) is 7.05 Å². The predicted octanol–water partition coefficient (Wildman–Crippen LogP) is 1.20. The van der Waals surface area contributed by atoms with Gasteiger partial charge >= 0.3 is 0 Å². The minimum atomic E-state index is -0.290. The molecule has 1 aliphatic rings. The Bertz CT molecular complexity index is 352. The summed E-state index contributed by atoms with van der Waals surface area (Å²) < 4.78 is 18.1. The van der Waals surface area contributed by atoms with Crippen molar-refractivity contribution < 1.29 is 9.13 Å². The lowest BCUT2D eigenvalue weighted by Gasteiger charge is -2.28. The smallest absolute Gasteiger partial charge is 0.141 e. The van der Waals surface area contributed by atoms with E-state index in [2.05, 4.69) is 15.2 Å². The molecule has 1 saturated heterocycles. The second-order valence-electron chi connectivity index (χ2n) is 4.49. The molecule has 0 aliphatic carbocycles.